The minimum Gasteiger partial charge on any atom is -0.327 e. The second kappa shape index (κ2) is 2.42. The van der Waals surface area contributed by atoms with E-state index in [2.05, 4.69) is 0 Å². The molecule has 0 aromatic rings. The van der Waals surface area contributed by atoms with Crippen molar-refractivity contribution in [2.45, 2.75) is 33.0 Å². The minimum atomic E-state index is -4.21. The van der Waals surface area contributed by atoms with Crippen LogP contribution in [0.15, 0.2) is 0 Å². The number of hydrogen-bond donors (Lipinski definition) is 1. The summed E-state index contributed by atoms with van der Waals surface area (Å²) in [7, 11) is 0. The second-order valence-corrected chi connectivity index (χ2v) is 3.01. The Morgan fingerprint density at radius 3 is 1.50 bits per heavy atom. The summed E-state index contributed by atoms with van der Waals surface area (Å²) < 4.78 is 36.0. The van der Waals surface area contributed by atoms with Crippen LogP contribution in [0.25, 0.3) is 0 Å². The Morgan fingerprint density at radius 1 is 1.20 bits per heavy atom. The average molecular weight is 155 g/mol. The van der Waals surface area contributed by atoms with Crippen molar-refractivity contribution < 1.29 is 13.2 Å². The molecule has 0 saturated carbocycles. The Bertz CT molecular complexity index is 115. The van der Waals surface area contributed by atoms with Gasteiger partial charge >= 0.3 is 6.18 Å². The first-order valence-electron chi connectivity index (χ1n) is 3.02. The Hall–Kier alpha value is -0.250. The van der Waals surface area contributed by atoms with Crippen LogP contribution in [0, 0.1) is 5.41 Å². The first-order chi connectivity index (χ1) is 4.19. The maximum absolute atomic E-state index is 12.0. The number of nitrogens with two attached hydrogens (primary N) is 1. The van der Waals surface area contributed by atoms with Crippen LogP contribution in [0.3, 0.4) is 0 Å². The molecule has 0 rings (SSSR count). The molecule has 1 atom stereocenters. The molecule has 0 unspecified atom stereocenters. The highest BCUT2D eigenvalue weighted by molar-refractivity contribution is 4.84. The minimum absolute atomic E-state index is 0.868. The van der Waals surface area contributed by atoms with Gasteiger partial charge in [-0.05, 0) is 20.8 Å². The van der Waals surface area contributed by atoms with Crippen molar-refractivity contribution in [3.63, 3.8) is 0 Å². The van der Waals surface area contributed by atoms with Crippen molar-refractivity contribution in [3.05, 3.63) is 0 Å². The average Bonchev–Trinajstić information content (AvgIpc) is 1.62. The molecule has 2 N–H and O–H groups in total. The molecular formula is C6H12F3N. The molecular weight excluding hydrogens is 143 g/mol. The van der Waals surface area contributed by atoms with Gasteiger partial charge in [-0.15, -0.1) is 0 Å². The SMILES string of the molecule is C[C@@H](N)C(C)(C)C(F)(F)F. The van der Waals surface area contributed by atoms with E-state index in [-0.39, 0.29) is 0 Å². The van der Waals surface area contributed by atoms with Gasteiger partial charge < -0.3 is 5.73 Å². The van der Waals surface area contributed by atoms with Gasteiger partial charge in [-0.1, -0.05) is 0 Å². The van der Waals surface area contributed by atoms with E-state index in [1.807, 2.05) is 0 Å². The second-order valence-electron chi connectivity index (χ2n) is 3.01. The quantitative estimate of drug-likeness (QED) is 0.615. The molecule has 10 heavy (non-hydrogen) atoms. The lowest BCUT2D eigenvalue weighted by Crippen LogP contribution is -2.45. The molecule has 0 radical (unpaired) electrons. The highest BCUT2D eigenvalue weighted by Crippen LogP contribution is 2.39. The molecule has 0 aliphatic rings. The summed E-state index contributed by atoms with van der Waals surface area (Å²) in [5.41, 5.74) is 3.35. The van der Waals surface area contributed by atoms with Crippen LogP contribution in [0.2, 0.25) is 0 Å². The maximum atomic E-state index is 12.0. The van der Waals surface area contributed by atoms with Crippen LogP contribution in [0.1, 0.15) is 20.8 Å². The molecule has 0 aromatic carbocycles. The first kappa shape index (κ1) is 9.75. The molecule has 4 heteroatoms. The molecule has 1 nitrogen and oxygen atoms in total. The number of rotatable bonds is 1. The van der Waals surface area contributed by atoms with Gasteiger partial charge in [0.25, 0.3) is 0 Å². The lowest BCUT2D eigenvalue weighted by atomic mass is 9.85. The van der Waals surface area contributed by atoms with E-state index >= 15 is 0 Å². The fourth-order valence-electron chi connectivity index (χ4n) is 0.258. The van der Waals surface area contributed by atoms with E-state index in [4.69, 9.17) is 5.73 Å². The lowest BCUT2D eigenvalue weighted by molar-refractivity contribution is -0.216. The predicted molar refractivity (Wildman–Crippen MR) is 33.5 cm³/mol. The fourth-order valence-corrected chi connectivity index (χ4v) is 0.258. The Morgan fingerprint density at radius 2 is 1.50 bits per heavy atom. The molecule has 0 aliphatic heterocycles. The van der Waals surface area contributed by atoms with E-state index in [1.165, 1.54) is 6.92 Å². The zero-order valence-electron chi connectivity index (χ0n) is 6.29. The number of alkyl halides is 3. The molecule has 0 aromatic heterocycles. The molecule has 0 fully saturated rings. The summed E-state index contributed by atoms with van der Waals surface area (Å²) in [6.45, 7) is 3.54. The molecule has 62 valence electrons. The summed E-state index contributed by atoms with van der Waals surface area (Å²) in [5.74, 6) is 0. The fraction of sp³-hybridized carbons (Fsp3) is 1.00. The summed E-state index contributed by atoms with van der Waals surface area (Å²) in [4.78, 5) is 0. The van der Waals surface area contributed by atoms with E-state index in [0.29, 0.717) is 0 Å². The van der Waals surface area contributed by atoms with Crippen molar-refractivity contribution in [2.75, 3.05) is 0 Å². The highest BCUT2D eigenvalue weighted by atomic mass is 19.4. The molecule has 0 spiro atoms. The van der Waals surface area contributed by atoms with Crippen molar-refractivity contribution >= 4 is 0 Å². The van der Waals surface area contributed by atoms with Gasteiger partial charge in [0.1, 0.15) is 0 Å². The number of halogens is 3. The maximum Gasteiger partial charge on any atom is 0.395 e. The zero-order chi connectivity index (χ0) is 8.58. The first-order valence-corrected chi connectivity index (χ1v) is 3.02. The van der Waals surface area contributed by atoms with Gasteiger partial charge in [0.15, 0.2) is 0 Å². The van der Waals surface area contributed by atoms with Crippen LogP contribution < -0.4 is 5.73 Å². The van der Waals surface area contributed by atoms with E-state index in [0.717, 1.165) is 13.8 Å². The standard InChI is InChI=1S/C6H12F3N/c1-4(10)5(2,3)6(7,8)9/h4H,10H2,1-3H3/t4-/m1/s1. The topological polar surface area (TPSA) is 26.0 Å². The van der Waals surface area contributed by atoms with Crippen LogP contribution >= 0.6 is 0 Å². The summed E-state index contributed by atoms with van der Waals surface area (Å²) in [6.07, 6.45) is -4.21. The molecule has 0 saturated heterocycles. The van der Waals surface area contributed by atoms with Crippen LogP contribution in [-0.4, -0.2) is 12.2 Å². The third-order valence-corrected chi connectivity index (χ3v) is 1.87. The molecule has 0 heterocycles. The van der Waals surface area contributed by atoms with Gasteiger partial charge in [-0.2, -0.15) is 13.2 Å². The number of hydrogen-bond acceptors (Lipinski definition) is 1. The van der Waals surface area contributed by atoms with Gasteiger partial charge in [-0.3, -0.25) is 0 Å². The van der Waals surface area contributed by atoms with Crippen molar-refractivity contribution in [1.29, 1.82) is 0 Å². The van der Waals surface area contributed by atoms with Gasteiger partial charge in [0.2, 0.25) is 0 Å². The van der Waals surface area contributed by atoms with Crippen LogP contribution in [0.4, 0.5) is 13.2 Å². The monoisotopic (exact) mass is 155 g/mol. The third-order valence-electron chi connectivity index (χ3n) is 1.87. The Kier molecular flexibility index (Phi) is 2.36. The normalized spacial score (nSPS) is 17.1. The summed E-state index contributed by atoms with van der Waals surface area (Å²) >= 11 is 0. The van der Waals surface area contributed by atoms with Crippen molar-refractivity contribution in [1.82, 2.24) is 0 Å². The van der Waals surface area contributed by atoms with Crippen molar-refractivity contribution in [3.8, 4) is 0 Å². The van der Waals surface area contributed by atoms with Gasteiger partial charge in [-0.25, -0.2) is 0 Å². The van der Waals surface area contributed by atoms with Crippen molar-refractivity contribution in [2.24, 2.45) is 11.1 Å². The zero-order valence-corrected chi connectivity index (χ0v) is 6.29. The lowest BCUT2D eigenvalue weighted by Gasteiger charge is -2.31. The Labute approximate surface area is 58.4 Å². The third kappa shape index (κ3) is 1.62. The largest absolute Gasteiger partial charge is 0.395 e. The van der Waals surface area contributed by atoms with Crippen LogP contribution in [0.5, 0.6) is 0 Å². The molecule has 0 amide bonds. The highest BCUT2D eigenvalue weighted by Gasteiger charge is 2.49. The van der Waals surface area contributed by atoms with Gasteiger partial charge in [0.05, 0.1) is 5.41 Å². The van der Waals surface area contributed by atoms with E-state index < -0.39 is 17.6 Å². The summed E-state index contributed by atoms with van der Waals surface area (Å²) in [6, 6.07) is -0.868. The summed E-state index contributed by atoms with van der Waals surface area (Å²) in [5, 5.41) is 0. The smallest absolute Gasteiger partial charge is 0.327 e. The predicted octanol–water partition coefficient (Wildman–Crippen LogP) is 1.92. The molecule has 0 bridgehead atoms. The van der Waals surface area contributed by atoms with Gasteiger partial charge in [0, 0.05) is 6.04 Å². The van der Waals surface area contributed by atoms with E-state index in [9.17, 15) is 13.2 Å². The Balaban J connectivity index is 4.40. The van der Waals surface area contributed by atoms with E-state index in [1.54, 1.807) is 0 Å². The van der Waals surface area contributed by atoms with Crippen LogP contribution in [-0.2, 0) is 0 Å². The molecule has 0 aliphatic carbocycles.